The highest BCUT2D eigenvalue weighted by Crippen LogP contribution is 2.32. The summed E-state index contributed by atoms with van der Waals surface area (Å²) in [5.41, 5.74) is 0.544. The molecule has 0 radical (unpaired) electrons. The lowest BCUT2D eigenvalue weighted by Crippen LogP contribution is -2.60. The molecule has 2 amide bonds. The number of rotatable bonds is 6. The molecule has 0 spiro atoms. The average molecular weight is 413 g/mol. The van der Waals surface area contributed by atoms with E-state index in [1.807, 2.05) is 30.3 Å². The first-order valence-corrected chi connectivity index (χ1v) is 9.45. The normalized spacial score (nSPS) is 18.4. The van der Waals surface area contributed by atoms with Gasteiger partial charge >= 0.3 is 5.97 Å². The minimum Gasteiger partial charge on any atom is -0.480 e. The van der Waals surface area contributed by atoms with E-state index < -0.39 is 41.6 Å². The van der Waals surface area contributed by atoms with E-state index in [-0.39, 0.29) is 13.0 Å². The number of nitrogens with one attached hydrogen (secondary N) is 1. The molecule has 1 aliphatic rings. The Morgan fingerprint density at radius 3 is 2.57 bits per heavy atom. The highest BCUT2D eigenvalue weighted by atomic mass is 16.4. The number of piperidine rings is 1. The molecule has 1 fully saturated rings. The highest BCUT2D eigenvalue weighted by Gasteiger charge is 2.49. The Morgan fingerprint density at radius 2 is 1.93 bits per heavy atom. The van der Waals surface area contributed by atoms with Crippen molar-refractivity contribution in [2.75, 3.05) is 6.54 Å². The molecule has 3 rings (SSSR count). The monoisotopic (exact) mass is 413 g/mol. The summed E-state index contributed by atoms with van der Waals surface area (Å²) in [7, 11) is 0. The van der Waals surface area contributed by atoms with Gasteiger partial charge in [-0.25, -0.2) is 4.98 Å². The lowest BCUT2D eigenvalue weighted by Gasteiger charge is -2.43. The molecule has 2 N–H and O–H groups in total. The number of nitrogens with zero attached hydrogens (tertiary/aromatic N) is 2. The van der Waals surface area contributed by atoms with Gasteiger partial charge in [-0.05, 0) is 32.9 Å². The number of aliphatic carboxylic acids is 1. The third-order valence-corrected chi connectivity index (χ3v) is 5.06. The number of hydrogen-bond donors (Lipinski definition) is 2. The Kier molecular flexibility index (Phi) is 5.73. The fourth-order valence-corrected chi connectivity index (χ4v) is 3.45. The largest absolute Gasteiger partial charge is 0.480 e. The number of amides is 2. The summed E-state index contributed by atoms with van der Waals surface area (Å²) in [4.78, 5) is 54.4. The van der Waals surface area contributed by atoms with Gasteiger partial charge in [0.2, 0.25) is 17.7 Å². The van der Waals surface area contributed by atoms with Crippen molar-refractivity contribution in [3.63, 3.8) is 0 Å². The van der Waals surface area contributed by atoms with Crippen LogP contribution in [-0.4, -0.2) is 50.6 Å². The maximum Gasteiger partial charge on any atom is 0.322 e. The van der Waals surface area contributed by atoms with Crippen LogP contribution in [0.5, 0.6) is 0 Å². The Labute approximate surface area is 173 Å². The number of carbonyl (C=O) groups is 4. The van der Waals surface area contributed by atoms with Crippen molar-refractivity contribution in [2.24, 2.45) is 5.92 Å². The van der Waals surface area contributed by atoms with Crippen molar-refractivity contribution in [1.82, 2.24) is 15.2 Å². The number of likely N-dealkylation sites (tertiary alicyclic amines) is 1. The second-order valence-electron chi connectivity index (χ2n) is 7.82. The molecule has 1 aromatic carbocycles. The standard InChI is InChI=1S/C21H23N3O6/c1-12-15(30-19(23-12)13-7-5-4-6-8-13)11-24-20(29)17(14(25)9-21(24,2)3)18(28)22-10-16(26)27/h4-8,17H,9-11H2,1-3H3,(H,22,28)(H,26,27). The van der Waals surface area contributed by atoms with Crippen molar-refractivity contribution in [1.29, 1.82) is 0 Å². The average Bonchev–Trinajstić information content (AvgIpc) is 3.04. The first kappa shape index (κ1) is 21.2. The molecule has 0 bridgehead atoms. The third-order valence-electron chi connectivity index (χ3n) is 5.06. The molecular weight excluding hydrogens is 390 g/mol. The van der Waals surface area contributed by atoms with Crippen LogP contribution in [0.15, 0.2) is 34.7 Å². The van der Waals surface area contributed by atoms with Gasteiger partial charge in [0, 0.05) is 17.5 Å². The van der Waals surface area contributed by atoms with Crippen LogP contribution < -0.4 is 5.32 Å². The number of carbonyl (C=O) groups excluding carboxylic acids is 3. The number of aromatic nitrogens is 1. The van der Waals surface area contributed by atoms with Crippen LogP contribution in [0.25, 0.3) is 11.5 Å². The van der Waals surface area contributed by atoms with E-state index in [1.165, 1.54) is 4.90 Å². The quantitative estimate of drug-likeness (QED) is 0.687. The second-order valence-corrected chi connectivity index (χ2v) is 7.82. The van der Waals surface area contributed by atoms with Crippen molar-refractivity contribution >= 4 is 23.6 Å². The summed E-state index contributed by atoms with van der Waals surface area (Å²) >= 11 is 0. The zero-order valence-corrected chi connectivity index (χ0v) is 17.0. The Bertz CT molecular complexity index is 995. The molecule has 1 unspecified atom stereocenters. The van der Waals surface area contributed by atoms with Gasteiger partial charge in [0.1, 0.15) is 12.3 Å². The Hall–Kier alpha value is -3.49. The van der Waals surface area contributed by atoms with Crippen LogP contribution in [0.1, 0.15) is 31.7 Å². The number of benzene rings is 1. The zero-order chi connectivity index (χ0) is 22.1. The highest BCUT2D eigenvalue weighted by molar-refractivity contribution is 6.20. The van der Waals surface area contributed by atoms with Gasteiger partial charge in [-0.3, -0.25) is 19.2 Å². The van der Waals surface area contributed by atoms with Gasteiger partial charge in [-0.1, -0.05) is 18.2 Å². The van der Waals surface area contributed by atoms with E-state index in [0.29, 0.717) is 17.3 Å². The summed E-state index contributed by atoms with van der Waals surface area (Å²) in [5.74, 6) is -4.10. The predicted octanol–water partition coefficient (Wildman–Crippen LogP) is 1.55. The van der Waals surface area contributed by atoms with Gasteiger partial charge in [0.15, 0.2) is 11.7 Å². The van der Waals surface area contributed by atoms with E-state index in [0.717, 1.165) is 5.56 Å². The van der Waals surface area contributed by atoms with Crippen LogP contribution >= 0.6 is 0 Å². The lowest BCUT2D eigenvalue weighted by atomic mass is 9.82. The van der Waals surface area contributed by atoms with Crippen LogP contribution in [-0.2, 0) is 25.7 Å². The van der Waals surface area contributed by atoms with Gasteiger partial charge in [-0.2, -0.15) is 0 Å². The molecule has 1 atom stereocenters. The summed E-state index contributed by atoms with van der Waals surface area (Å²) in [6.45, 7) is 4.60. The third kappa shape index (κ3) is 4.24. The predicted molar refractivity (Wildman–Crippen MR) is 105 cm³/mol. The first-order chi connectivity index (χ1) is 14.1. The number of carboxylic acid groups (broad SMARTS) is 1. The molecule has 9 nitrogen and oxygen atoms in total. The van der Waals surface area contributed by atoms with Crippen molar-refractivity contribution in [3.8, 4) is 11.5 Å². The summed E-state index contributed by atoms with van der Waals surface area (Å²) < 4.78 is 5.88. The van der Waals surface area contributed by atoms with E-state index in [2.05, 4.69) is 10.3 Å². The molecule has 1 aliphatic heterocycles. The molecule has 0 aliphatic carbocycles. The molecule has 9 heteroatoms. The number of hydrogen-bond acceptors (Lipinski definition) is 6. The smallest absolute Gasteiger partial charge is 0.322 e. The van der Waals surface area contributed by atoms with Gasteiger partial charge in [0.25, 0.3) is 0 Å². The van der Waals surface area contributed by atoms with Crippen LogP contribution in [0.2, 0.25) is 0 Å². The number of ketones is 1. The molecule has 2 heterocycles. The van der Waals surface area contributed by atoms with Crippen LogP contribution in [0.4, 0.5) is 0 Å². The van der Waals surface area contributed by atoms with E-state index in [4.69, 9.17) is 9.52 Å². The molecule has 158 valence electrons. The molecule has 2 aromatic rings. The van der Waals surface area contributed by atoms with E-state index >= 15 is 0 Å². The zero-order valence-electron chi connectivity index (χ0n) is 17.0. The maximum atomic E-state index is 13.1. The number of oxazole rings is 1. The minimum atomic E-state index is -1.57. The number of Topliss-reactive ketones (excluding diaryl/α,β-unsaturated/α-hetero) is 1. The van der Waals surface area contributed by atoms with E-state index in [9.17, 15) is 19.2 Å². The van der Waals surface area contributed by atoms with E-state index in [1.54, 1.807) is 20.8 Å². The van der Waals surface area contributed by atoms with Gasteiger partial charge < -0.3 is 19.7 Å². The topological polar surface area (TPSA) is 130 Å². The Morgan fingerprint density at radius 1 is 1.27 bits per heavy atom. The summed E-state index contributed by atoms with van der Waals surface area (Å²) in [6, 6.07) is 9.30. The second kappa shape index (κ2) is 8.10. The SMILES string of the molecule is Cc1nc(-c2ccccc2)oc1CN1C(=O)C(C(=O)NCC(=O)O)C(=O)CC1(C)C. The first-order valence-electron chi connectivity index (χ1n) is 9.45. The van der Waals surface area contributed by atoms with Crippen LogP contribution in [0, 0.1) is 12.8 Å². The van der Waals surface area contributed by atoms with Gasteiger partial charge in [-0.15, -0.1) is 0 Å². The Balaban J connectivity index is 1.86. The molecule has 30 heavy (non-hydrogen) atoms. The number of carboxylic acids is 1. The molecular formula is C21H23N3O6. The van der Waals surface area contributed by atoms with Crippen molar-refractivity contribution in [3.05, 3.63) is 41.8 Å². The maximum absolute atomic E-state index is 13.1. The van der Waals surface area contributed by atoms with Crippen molar-refractivity contribution in [2.45, 2.75) is 39.3 Å². The fourth-order valence-electron chi connectivity index (χ4n) is 3.45. The minimum absolute atomic E-state index is 0.0352. The van der Waals surface area contributed by atoms with Gasteiger partial charge in [0.05, 0.1) is 12.2 Å². The fraction of sp³-hybridized carbons (Fsp3) is 0.381. The summed E-state index contributed by atoms with van der Waals surface area (Å²) in [5, 5.41) is 10.9. The van der Waals surface area contributed by atoms with Crippen molar-refractivity contribution < 1.29 is 28.7 Å². The lowest BCUT2D eigenvalue weighted by molar-refractivity contribution is -0.159. The molecule has 1 aromatic heterocycles. The summed E-state index contributed by atoms with van der Waals surface area (Å²) in [6.07, 6.45) is -0.0391. The van der Waals surface area contributed by atoms with Crippen LogP contribution in [0.3, 0.4) is 0 Å². The number of aryl methyl sites for hydroxylation is 1. The molecule has 1 saturated heterocycles. The molecule has 0 saturated carbocycles.